The molecule has 5 nitrogen and oxygen atoms in total. The largest absolute Gasteiger partial charge is 0.354 e. The van der Waals surface area contributed by atoms with E-state index in [1.165, 1.54) is 24.9 Å². The zero-order chi connectivity index (χ0) is 14.7. The summed E-state index contributed by atoms with van der Waals surface area (Å²) in [5.41, 5.74) is 3.25. The van der Waals surface area contributed by atoms with Gasteiger partial charge in [0, 0.05) is 18.3 Å². The Balaban J connectivity index is 1.76. The zero-order valence-corrected chi connectivity index (χ0v) is 13.1. The highest BCUT2D eigenvalue weighted by molar-refractivity contribution is 5.75. The van der Waals surface area contributed by atoms with Crippen molar-refractivity contribution in [2.45, 2.75) is 52.6 Å². The van der Waals surface area contributed by atoms with Gasteiger partial charge >= 0.3 is 0 Å². The lowest BCUT2D eigenvalue weighted by atomic mass is 10.1. The summed E-state index contributed by atoms with van der Waals surface area (Å²) in [4.78, 5) is 14.3. The summed E-state index contributed by atoms with van der Waals surface area (Å²) in [5.74, 6) is 0.0521. The number of likely N-dealkylation sites (tertiary alicyclic amines) is 1. The Morgan fingerprint density at radius 2 is 2.15 bits per heavy atom. The predicted octanol–water partition coefficient (Wildman–Crippen LogP) is 1.41. The van der Waals surface area contributed by atoms with Gasteiger partial charge in [-0.1, -0.05) is 0 Å². The van der Waals surface area contributed by atoms with Gasteiger partial charge < -0.3 is 10.2 Å². The molecule has 1 aliphatic rings. The van der Waals surface area contributed by atoms with Crippen molar-refractivity contribution in [2.24, 2.45) is 0 Å². The lowest BCUT2D eigenvalue weighted by Gasteiger charge is -2.19. The average molecular weight is 278 g/mol. The van der Waals surface area contributed by atoms with Crippen molar-refractivity contribution >= 4 is 5.91 Å². The van der Waals surface area contributed by atoms with Crippen LogP contribution in [-0.4, -0.2) is 46.8 Å². The van der Waals surface area contributed by atoms with E-state index < -0.39 is 0 Å². The molecule has 1 fully saturated rings. The third-order valence-corrected chi connectivity index (χ3v) is 4.51. The molecule has 0 unspecified atom stereocenters. The number of hydrogen-bond acceptors (Lipinski definition) is 3. The first-order valence-electron chi connectivity index (χ1n) is 7.46. The van der Waals surface area contributed by atoms with Crippen molar-refractivity contribution in [1.82, 2.24) is 20.0 Å². The molecule has 0 radical (unpaired) electrons. The van der Waals surface area contributed by atoms with Crippen molar-refractivity contribution in [1.29, 1.82) is 0 Å². The highest BCUT2D eigenvalue weighted by Crippen LogP contribution is 2.17. The van der Waals surface area contributed by atoms with E-state index in [-0.39, 0.29) is 5.91 Å². The lowest BCUT2D eigenvalue weighted by molar-refractivity contribution is -0.121. The van der Waals surface area contributed by atoms with Gasteiger partial charge in [0.05, 0.1) is 5.69 Å². The van der Waals surface area contributed by atoms with E-state index in [1.807, 2.05) is 20.8 Å². The minimum absolute atomic E-state index is 0.0521. The Morgan fingerprint density at radius 1 is 1.40 bits per heavy atom. The molecule has 0 aromatic carbocycles. The van der Waals surface area contributed by atoms with Gasteiger partial charge in [-0.25, -0.2) is 0 Å². The number of rotatable bonds is 5. The molecule has 1 saturated heterocycles. The third-order valence-electron chi connectivity index (χ3n) is 4.51. The zero-order valence-electron chi connectivity index (χ0n) is 13.1. The summed E-state index contributed by atoms with van der Waals surface area (Å²) in [6, 6.07) is 0.631. The highest BCUT2D eigenvalue weighted by Gasteiger charge is 2.20. The first kappa shape index (κ1) is 15.0. The van der Waals surface area contributed by atoms with Crippen LogP contribution < -0.4 is 5.32 Å². The molecule has 0 aliphatic carbocycles. The van der Waals surface area contributed by atoms with Crippen LogP contribution in [-0.2, 0) is 11.3 Å². The van der Waals surface area contributed by atoms with Crippen LogP contribution in [0.1, 0.15) is 36.2 Å². The van der Waals surface area contributed by atoms with Gasteiger partial charge in [-0.05, 0) is 59.2 Å². The van der Waals surface area contributed by atoms with Crippen molar-refractivity contribution in [3.05, 3.63) is 17.0 Å². The van der Waals surface area contributed by atoms with Crippen molar-refractivity contribution in [3.63, 3.8) is 0 Å². The Bertz CT molecular complexity index is 480. The fraction of sp³-hybridized carbons (Fsp3) is 0.733. The second-order valence-corrected chi connectivity index (χ2v) is 5.87. The first-order chi connectivity index (χ1) is 9.49. The van der Waals surface area contributed by atoms with Crippen LogP contribution in [0.2, 0.25) is 0 Å². The van der Waals surface area contributed by atoms with Crippen LogP contribution >= 0.6 is 0 Å². The minimum Gasteiger partial charge on any atom is -0.354 e. The van der Waals surface area contributed by atoms with Gasteiger partial charge in [-0.2, -0.15) is 5.10 Å². The molecule has 112 valence electrons. The van der Waals surface area contributed by atoms with E-state index in [4.69, 9.17) is 0 Å². The normalized spacial score (nSPS) is 19.5. The van der Waals surface area contributed by atoms with Crippen LogP contribution in [0.4, 0.5) is 0 Å². The Labute approximate surface area is 121 Å². The molecular weight excluding hydrogens is 252 g/mol. The van der Waals surface area contributed by atoms with Gasteiger partial charge in [-0.3, -0.25) is 9.48 Å². The van der Waals surface area contributed by atoms with E-state index in [0.717, 1.165) is 24.4 Å². The van der Waals surface area contributed by atoms with E-state index in [1.54, 1.807) is 4.68 Å². The van der Waals surface area contributed by atoms with Crippen LogP contribution in [0.5, 0.6) is 0 Å². The van der Waals surface area contributed by atoms with Gasteiger partial charge in [0.1, 0.15) is 6.54 Å². The number of carbonyl (C=O) groups excluding carboxylic acids is 1. The molecule has 0 saturated carbocycles. The minimum atomic E-state index is 0.0521. The maximum Gasteiger partial charge on any atom is 0.241 e. The molecule has 20 heavy (non-hydrogen) atoms. The van der Waals surface area contributed by atoms with Crippen LogP contribution in [0, 0.1) is 20.8 Å². The molecule has 1 N–H and O–H groups in total. The fourth-order valence-electron chi connectivity index (χ4n) is 2.85. The number of carbonyl (C=O) groups is 1. The fourth-order valence-corrected chi connectivity index (χ4v) is 2.85. The number of hydrogen-bond donors (Lipinski definition) is 1. The predicted molar refractivity (Wildman–Crippen MR) is 79.7 cm³/mol. The van der Waals surface area contributed by atoms with E-state index in [9.17, 15) is 4.79 Å². The Morgan fingerprint density at radius 3 is 2.70 bits per heavy atom. The maximum absolute atomic E-state index is 12.0. The van der Waals surface area contributed by atoms with Crippen molar-refractivity contribution < 1.29 is 4.79 Å². The van der Waals surface area contributed by atoms with Gasteiger partial charge in [0.25, 0.3) is 0 Å². The first-order valence-corrected chi connectivity index (χ1v) is 7.46. The summed E-state index contributed by atoms with van der Waals surface area (Å²) >= 11 is 0. The molecule has 5 heteroatoms. The summed E-state index contributed by atoms with van der Waals surface area (Å²) in [6.45, 7) is 8.29. The monoisotopic (exact) mass is 278 g/mol. The summed E-state index contributed by atoms with van der Waals surface area (Å²) in [7, 11) is 2.16. The number of aryl methyl sites for hydroxylation is 1. The smallest absolute Gasteiger partial charge is 0.241 e. The molecule has 1 atom stereocenters. The maximum atomic E-state index is 12.0. The van der Waals surface area contributed by atoms with Crippen molar-refractivity contribution in [2.75, 3.05) is 20.1 Å². The average Bonchev–Trinajstić information content (AvgIpc) is 2.90. The highest BCUT2D eigenvalue weighted by atomic mass is 16.2. The molecule has 2 heterocycles. The van der Waals surface area contributed by atoms with Crippen LogP contribution in [0.3, 0.4) is 0 Å². The van der Waals surface area contributed by atoms with Gasteiger partial charge in [0.2, 0.25) is 5.91 Å². The molecule has 1 aliphatic heterocycles. The SMILES string of the molecule is Cc1nn(CC(=O)NCC[C@@H]2CCCN2C)c(C)c1C. The Kier molecular flexibility index (Phi) is 4.81. The topological polar surface area (TPSA) is 50.2 Å². The van der Waals surface area contributed by atoms with E-state index >= 15 is 0 Å². The molecular formula is C15H26N4O. The standard InChI is InChI=1S/C15H26N4O/c1-11-12(2)17-19(13(11)3)10-15(20)16-8-7-14-6-5-9-18(14)4/h14H,5-10H2,1-4H3,(H,16,20)/t14-/m0/s1. The Hall–Kier alpha value is -1.36. The van der Waals surface area contributed by atoms with Crippen LogP contribution in [0.15, 0.2) is 0 Å². The summed E-state index contributed by atoms with van der Waals surface area (Å²) in [5, 5.41) is 7.40. The number of aromatic nitrogens is 2. The van der Waals surface area contributed by atoms with Gasteiger partial charge in [-0.15, -0.1) is 0 Å². The van der Waals surface area contributed by atoms with Gasteiger partial charge in [0.15, 0.2) is 0 Å². The molecule has 0 bridgehead atoms. The van der Waals surface area contributed by atoms with Crippen molar-refractivity contribution in [3.8, 4) is 0 Å². The summed E-state index contributed by atoms with van der Waals surface area (Å²) in [6.07, 6.45) is 3.57. The van der Waals surface area contributed by atoms with E-state index in [0.29, 0.717) is 12.6 Å². The lowest BCUT2D eigenvalue weighted by Crippen LogP contribution is -2.33. The number of nitrogens with one attached hydrogen (secondary N) is 1. The quantitative estimate of drug-likeness (QED) is 0.886. The molecule has 1 aromatic heterocycles. The number of amides is 1. The third kappa shape index (κ3) is 3.39. The molecule has 1 amide bonds. The second kappa shape index (κ2) is 6.39. The van der Waals surface area contributed by atoms with Crippen LogP contribution in [0.25, 0.3) is 0 Å². The second-order valence-electron chi connectivity index (χ2n) is 5.87. The molecule has 0 spiro atoms. The molecule has 1 aromatic rings. The summed E-state index contributed by atoms with van der Waals surface area (Å²) < 4.78 is 1.79. The van der Waals surface area contributed by atoms with E-state index in [2.05, 4.69) is 22.4 Å². The molecule has 2 rings (SSSR count). The number of nitrogens with zero attached hydrogens (tertiary/aromatic N) is 3.